The van der Waals surface area contributed by atoms with E-state index in [4.69, 9.17) is 0 Å². The number of amides is 2. The molecule has 0 spiro atoms. The van der Waals surface area contributed by atoms with Gasteiger partial charge in [0.25, 0.3) is 0 Å². The fraction of sp³-hybridized carbons (Fsp3) is 0.591. The van der Waals surface area contributed by atoms with Crippen molar-refractivity contribution in [1.82, 2.24) is 20.0 Å². The second-order valence-electron chi connectivity index (χ2n) is 7.96. The number of nitrogens with one attached hydrogen (secondary N) is 2. The van der Waals surface area contributed by atoms with Crippen LogP contribution in [0.25, 0.3) is 0 Å². The first-order chi connectivity index (χ1) is 15.0. The summed E-state index contributed by atoms with van der Waals surface area (Å²) in [6, 6.07) is 5.68. The van der Waals surface area contributed by atoms with Gasteiger partial charge >= 0.3 is 0 Å². The molecule has 0 radical (unpaired) electrons. The van der Waals surface area contributed by atoms with Gasteiger partial charge in [0, 0.05) is 51.5 Å². The first-order valence-electron chi connectivity index (χ1n) is 11.1. The van der Waals surface area contributed by atoms with Crippen LogP contribution in [0.4, 0.5) is 10.1 Å². The first-order valence-corrected chi connectivity index (χ1v) is 11.1. The van der Waals surface area contributed by atoms with Crippen molar-refractivity contribution in [3.63, 3.8) is 0 Å². The Bertz CT molecular complexity index is 788. The minimum Gasteiger partial charge on any atom is -0.357 e. The van der Waals surface area contributed by atoms with Gasteiger partial charge in [0.2, 0.25) is 11.8 Å². The Balaban J connectivity index is 1.52. The highest BCUT2D eigenvalue weighted by molar-refractivity contribution is 5.94. The second kappa shape index (κ2) is 11.1. The normalized spacial score (nSPS) is 18.7. The SMILES string of the molecule is CCNC(=NCC(=O)Nc1cccc(F)c1)N1CCN(C(C)C(=O)N2CCCC2)CC1. The van der Waals surface area contributed by atoms with Gasteiger partial charge in [0.1, 0.15) is 12.4 Å². The van der Waals surface area contributed by atoms with Crippen molar-refractivity contribution in [1.29, 1.82) is 0 Å². The highest BCUT2D eigenvalue weighted by Crippen LogP contribution is 2.14. The zero-order chi connectivity index (χ0) is 22.2. The number of guanidine groups is 1. The van der Waals surface area contributed by atoms with Crippen molar-refractivity contribution in [3.8, 4) is 0 Å². The lowest BCUT2D eigenvalue weighted by Gasteiger charge is -2.39. The van der Waals surface area contributed by atoms with Gasteiger partial charge in [-0.25, -0.2) is 9.38 Å². The standard InChI is InChI=1S/C22H33FN6O2/c1-3-24-22(25-16-20(30)26-19-8-6-7-18(23)15-19)29-13-11-27(12-14-29)17(2)21(31)28-9-4-5-10-28/h6-8,15,17H,3-5,9-14,16H2,1-2H3,(H,24,25)(H,26,30). The molecule has 2 saturated heterocycles. The number of piperazine rings is 1. The topological polar surface area (TPSA) is 80.3 Å². The Kier molecular flexibility index (Phi) is 8.22. The summed E-state index contributed by atoms with van der Waals surface area (Å²) in [5, 5.41) is 5.90. The molecule has 9 heteroatoms. The molecule has 1 aromatic carbocycles. The molecule has 0 aliphatic carbocycles. The van der Waals surface area contributed by atoms with Crippen LogP contribution in [0, 0.1) is 5.82 Å². The van der Waals surface area contributed by atoms with Crippen molar-refractivity contribution in [3.05, 3.63) is 30.1 Å². The quantitative estimate of drug-likeness (QED) is 0.524. The Labute approximate surface area is 183 Å². The number of likely N-dealkylation sites (tertiary alicyclic amines) is 1. The molecule has 1 atom stereocenters. The number of benzene rings is 1. The Morgan fingerprint density at radius 3 is 2.45 bits per heavy atom. The van der Waals surface area contributed by atoms with E-state index >= 15 is 0 Å². The average molecular weight is 433 g/mol. The highest BCUT2D eigenvalue weighted by Gasteiger charge is 2.30. The van der Waals surface area contributed by atoms with E-state index in [2.05, 4.69) is 25.4 Å². The maximum atomic E-state index is 13.3. The number of aliphatic imine (C=N–C) groups is 1. The molecule has 2 amide bonds. The second-order valence-corrected chi connectivity index (χ2v) is 7.96. The van der Waals surface area contributed by atoms with Crippen molar-refractivity contribution < 1.29 is 14.0 Å². The molecular weight excluding hydrogens is 399 g/mol. The monoisotopic (exact) mass is 432 g/mol. The molecule has 0 saturated carbocycles. The number of carbonyl (C=O) groups excluding carboxylic acids is 2. The molecule has 2 heterocycles. The lowest BCUT2D eigenvalue weighted by Crippen LogP contribution is -2.57. The van der Waals surface area contributed by atoms with E-state index in [0.717, 1.165) is 52.1 Å². The van der Waals surface area contributed by atoms with Gasteiger partial charge in [-0.3, -0.25) is 14.5 Å². The molecule has 1 aromatic rings. The zero-order valence-electron chi connectivity index (χ0n) is 18.4. The van der Waals surface area contributed by atoms with Crippen molar-refractivity contribution in [2.24, 2.45) is 4.99 Å². The molecule has 2 aliphatic heterocycles. The Morgan fingerprint density at radius 1 is 1.10 bits per heavy atom. The van der Waals surface area contributed by atoms with Crippen LogP contribution in [-0.2, 0) is 9.59 Å². The first kappa shape index (κ1) is 23.0. The summed E-state index contributed by atoms with van der Waals surface area (Å²) in [5.41, 5.74) is 0.412. The number of rotatable bonds is 6. The minimum atomic E-state index is -0.398. The van der Waals surface area contributed by atoms with Gasteiger partial charge in [0.05, 0.1) is 6.04 Å². The van der Waals surface area contributed by atoms with Crippen molar-refractivity contribution in [2.45, 2.75) is 32.7 Å². The zero-order valence-corrected chi connectivity index (χ0v) is 18.4. The van der Waals surface area contributed by atoms with E-state index < -0.39 is 5.82 Å². The van der Waals surface area contributed by atoms with Crippen LogP contribution in [0.15, 0.2) is 29.3 Å². The van der Waals surface area contributed by atoms with Gasteiger partial charge in [-0.2, -0.15) is 0 Å². The smallest absolute Gasteiger partial charge is 0.246 e. The summed E-state index contributed by atoms with van der Waals surface area (Å²) >= 11 is 0. The molecule has 2 aliphatic rings. The Morgan fingerprint density at radius 2 is 1.81 bits per heavy atom. The van der Waals surface area contributed by atoms with Crippen LogP contribution in [0.5, 0.6) is 0 Å². The van der Waals surface area contributed by atoms with Crippen LogP contribution in [0.1, 0.15) is 26.7 Å². The number of hydrogen-bond acceptors (Lipinski definition) is 4. The third-order valence-corrected chi connectivity index (χ3v) is 5.75. The predicted octanol–water partition coefficient (Wildman–Crippen LogP) is 1.36. The number of hydrogen-bond donors (Lipinski definition) is 2. The van der Waals surface area contributed by atoms with Crippen LogP contribution in [0.2, 0.25) is 0 Å². The van der Waals surface area contributed by atoms with E-state index in [9.17, 15) is 14.0 Å². The molecule has 3 rings (SSSR count). The van der Waals surface area contributed by atoms with Crippen LogP contribution >= 0.6 is 0 Å². The molecular formula is C22H33FN6O2. The molecule has 170 valence electrons. The molecule has 8 nitrogen and oxygen atoms in total. The van der Waals surface area contributed by atoms with Gasteiger partial charge in [-0.05, 0) is 44.9 Å². The maximum absolute atomic E-state index is 13.3. The summed E-state index contributed by atoms with van der Waals surface area (Å²) in [6.07, 6.45) is 2.20. The van der Waals surface area contributed by atoms with Gasteiger partial charge in [0.15, 0.2) is 5.96 Å². The molecule has 0 aromatic heterocycles. The largest absolute Gasteiger partial charge is 0.357 e. The highest BCUT2D eigenvalue weighted by atomic mass is 19.1. The number of carbonyl (C=O) groups is 2. The van der Waals surface area contributed by atoms with E-state index in [0.29, 0.717) is 18.2 Å². The average Bonchev–Trinajstić information content (AvgIpc) is 3.31. The third-order valence-electron chi connectivity index (χ3n) is 5.75. The Hall–Kier alpha value is -2.68. The fourth-order valence-electron chi connectivity index (χ4n) is 4.02. The molecule has 31 heavy (non-hydrogen) atoms. The van der Waals surface area contributed by atoms with E-state index in [1.807, 2.05) is 18.7 Å². The summed E-state index contributed by atoms with van der Waals surface area (Å²) < 4.78 is 13.3. The van der Waals surface area contributed by atoms with E-state index in [-0.39, 0.29) is 24.4 Å². The van der Waals surface area contributed by atoms with Crippen molar-refractivity contribution >= 4 is 23.5 Å². The number of nitrogens with zero attached hydrogens (tertiary/aromatic N) is 4. The number of anilines is 1. The summed E-state index contributed by atoms with van der Waals surface area (Å²) in [6.45, 7) is 9.35. The minimum absolute atomic E-state index is 0.0527. The molecule has 1 unspecified atom stereocenters. The summed E-state index contributed by atoms with van der Waals surface area (Å²) in [4.78, 5) is 35.7. The summed E-state index contributed by atoms with van der Waals surface area (Å²) in [5.74, 6) is 0.199. The van der Waals surface area contributed by atoms with Gasteiger partial charge < -0.3 is 20.4 Å². The fourth-order valence-corrected chi connectivity index (χ4v) is 4.02. The van der Waals surface area contributed by atoms with Gasteiger partial charge in [-0.15, -0.1) is 0 Å². The lowest BCUT2D eigenvalue weighted by molar-refractivity contribution is -0.135. The maximum Gasteiger partial charge on any atom is 0.246 e. The predicted molar refractivity (Wildman–Crippen MR) is 119 cm³/mol. The third kappa shape index (κ3) is 6.40. The van der Waals surface area contributed by atoms with E-state index in [1.54, 1.807) is 12.1 Å². The van der Waals surface area contributed by atoms with Crippen LogP contribution in [0.3, 0.4) is 0 Å². The molecule has 2 N–H and O–H groups in total. The van der Waals surface area contributed by atoms with Crippen LogP contribution < -0.4 is 10.6 Å². The lowest BCUT2D eigenvalue weighted by atomic mass is 10.2. The van der Waals surface area contributed by atoms with Gasteiger partial charge in [-0.1, -0.05) is 6.07 Å². The summed E-state index contributed by atoms with van der Waals surface area (Å²) in [7, 11) is 0. The van der Waals surface area contributed by atoms with Crippen LogP contribution in [-0.4, -0.2) is 90.9 Å². The van der Waals surface area contributed by atoms with Crippen molar-refractivity contribution in [2.75, 3.05) is 57.7 Å². The molecule has 2 fully saturated rings. The number of halogens is 1. The van der Waals surface area contributed by atoms with E-state index in [1.165, 1.54) is 12.1 Å². The molecule has 0 bridgehead atoms.